The number of nitrogens with two attached hydrogens (primary N) is 1. The first-order valence-electron chi connectivity index (χ1n) is 5.25. The maximum absolute atomic E-state index is 11.8. The van der Waals surface area contributed by atoms with E-state index >= 15 is 0 Å². The van der Waals surface area contributed by atoms with Gasteiger partial charge in [-0.3, -0.25) is 9.48 Å². The molecule has 90 valence electrons. The molecule has 0 spiro atoms. The van der Waals surface area contributed by atoms with Gasteiger partial charge in [-0.05, 0) is 28.8 Å². The fourth-order valence-electron chi connectivity index (χ4n) is 1.57. The van der Waals surface area contributed by atoms with E-state index in [1.807, 2.05) is 5.38 Å². The Balaban J connectivity index is 1.90. The molecule has 2 aromatic rings. The summed E-state index contributed by atoms with van der Waals surface area (Å²) in [6.45, 7) is 0.597. The van der Waals surface area contributed by atoms with Crippen molar-refractivity contribution in [2.75, 3.05) is 12.3 Å². The molecule has 17 heavy (non-hydrogen) atoms. The van der Waals surface area contributed by atoms with Crippen molar-refractivity contribution in [1.82, 2.24) is 15.1 Å². The molecule has 6 heteroatoms. The molecule has 0 atom stereocenters. The van der Waals surface area contributed by atoms with Crippen LogP contribution in [0.2, 0.25) is 0 Å². The third-order valence-electron chi connectivity index (χ3n) is 2.46. The van der Waals surface area contributed by atoms with Crippen molar-refractivity contribution in [1.29, 1.82) is 0 Å². The number of thiophene rings is 1. The summed E-state index contributed by atoms with van der Waals surface area (Å²) in [4.78, 5) is 11.8. The maximum Gasteiger partial charge on any atom is 0.271 e. The molecule has 0 fully saturated rings. The van der Waals surface area contributed by atoms with Gasteiger partial charge in [0.05, 0.1) is 11.9 Å². The third-order valence-corrected chi connectivity index (χ3v) is 3.19. The van der Waals surface area contributed by atoms with Crippen LogP contribution < -0.4 is 11.1 Å². The van der Waals surface area contributed by atoms with Crippen molar-refractivity contribution in [3.63, 3.8) is 0 Å². The minimum atomic E-state index is -0.183. The second-order valence-corrected chi connectivity index (χ2v) is 4.49. The highest BCUT2D eigenvalue weighted by Crippen LogP contribution is 2.09. The van der Waals surface area contributed by atoms with Crippen molar-refractivity contribution in [2.45, 2.75) is 6.42 Å². The average molecular weight is 250 g/mol. The van der Waals surface area contributed by atoms with Crippen molar-refractivity contribution in [3.8, 4) is 0 Å². The van der Waals surface area contributed by atoms with Gasteiger partial charge in [0, 0.05) is 13.6 Å². The molecular weight excluding hydrogens is 236 g/mol. The Labute approximate surface area is 103 Å². The zero-order chi connectivity index (χ0) is 12.3. The Morgan fingerprint density at radius 2 is 2.47 bits per heavy atom. The molecule has 0 unspecified atom stereocenters. The topological polar surface area (TPSA) is 72.9 Å². The summed E-state index contributed by atoms with van der Waals surface area (Å²) in [7, 11) is 1.70. The van der Waals surface area contributed by atoms with Crippen LogP contribution in [-0.4, -0.2) is 22.2 Å². The van der Waals surface area contributed by atoms with E-state index in [1.54, 1.807) is 18.4 Å². The second kappa shape index (κ2) is 5.01. The summed E-state index contributed by atoms with van der Waals surface area (Å²) in [5, 5.41) is 10.9. The van der Waals surface area contributed by atoms with E-state index in [0.717, 1.165) is 6.42 Å². The molecule has 3 N–H and O–H groups in total. The molecule has 2 rings (SSSR count). The first-order valence-corrected chi connectivity index (χ1v) is 6.19. The molecule has 1 amide bonds. The number of anilines is 1. The Bertz CT molecular complexity index is 484. The fraction of sp³-hybridized carbons (Fsp3) is 0.273. The number of nitrogens with one attached hydrogen (secondary N) is 1. The SMILES string of the molecule is Cn1ncc(N)c1C(=O)NCCc1ccsc1. The Kier molecular flexibility index (Phi) is 3.43. The van der Waals surface area contributed by atoms with Gasteiger partial charge in [0.1, 0.15) is 5.69 Å². The number of aryl methyl sites for hydroxylation is 1. The van der Waals surface area contributed by atoms with E-state index in [2.05, 4.69) is 21.9 Å². The number of rotatable bonds is 4. The summed E-state index contributed by atoms with van der Waals surface area (Å²) in [6.07, 6.45) is 2.31. The summed E-state index contributed by atoms with van der Waals surface area (Å²) >= 11 is 1.65. The Morgan fingerprint density at radius 1 is 1.65 bits per heavy atom. The van der Waals surface area contributed by atoms with Crippen molar-refractivity contribution >= 4 is 22.9 Å². The normalized spacial score (nSPS) is 10.4. The molecule has 2 heterocycles. The van der Waals surface area contributed by atoms with Gasteiger partial charge < -0.3 is 11.1 Å². The van der Waals surface area contributed by atoms with Crippen LogP contribution in [0.25, 0.3) is 0 Å². The molecule has 2 aromatic heterocycles. The van der Waals surface area contributed by atoms with Gasteiger partial charge in [0.15, 0.2) is 0 Å². The molecule has 0 radical (unpaired) electrons. The number of hydrogen-bond acceptors (Lipinski definition) is 4. The van der Waals surface area contributed by atoms with Crippen LogP contribution in [0.1, 0.15) is 16.1 Å². The predicted octanol–water partition coefficient (Wildman–Crippen LogP) is 1.04. The van der Waals surface area contributed by atoms with Gasteiger partial charge in [0.2, 0.25) is 0 Å². The van der Waals surface area contributed by atoms with Gasteiger partial charge in [-0.1, -0.05) is 0 Å². The summed E-state index contributed by atoms with van der Waals surface area (Å²) < 4.78 is 1.48. The van der Waals surface area contributed by atoms with E-state index in [-0.39, 0.29) is 5.91 Å². The number of hydrogen-bond donors (Lipinski definition) is 2. The van der Waals surface area contributed by atoms with Gasteiger partial charge >= 0.3 is 0 Å². The molecule has 0 aliphatic carbocycles. The smallest absolute Gasteiger partial charge is 0.271 e. The number of aromatic nitrogens is 2. The highest BCUT2D eigenvalue weighted by atomic mass is 32.1. The van der Waals surface area contributed by atoms with E-state index < -0.39 is 0 Å². The van der Waals surface area contributed by atoms with Crippen LogP contribution in [0.3, 0.4) is 0 Å². The van der Waals surface area contributed by atoms with Crippen molar-refractivity contribution in [3.05, 3.63) is 34.3 Å². The maximum atomic E-state index is 11.8. The second-order valence-electron chi connectivity index (χ2n) is 3.71. The van der Waals surface area contributed by atoms with E-state index in [9.17, 15) is 4.79 Å². The van der Waals surface area contributed by atoms with Crippen LogP contribution in [0.5, 0.6) is 0 Å². The first kappa shape index (κ1) is 11.7. The van der Waals surface area contributed by atoms with Gasteiger partial charge in [-0.2, -0.15) is 16.4 Å². The fourth-order valence-corrected chi connectivity index (χ4v) is 2.27. The number of carbonyl (C=O) groups is 1. The van der Waals surface area contributed by atoms with Gasteiger partial charge in [0.25, 0.3) is 5.91 Å². The third kappa shape index (κ3) is 2.65. The number of nitrogens with zero attached hydrogens (tertiary/aromatic N) is 2. The zero-order valence-electron chi connectivity index (χ0n) is 9.51. The molecule has 5 nitrogen and oxygen atoms in total. The predicted molar refractivity (Wildman–Crippen MR) is 68.0 cm³/mol. The lowest BCUT2D eigenvalue weighted by Crippen LogP contribution is -2.28. The van der Waals surface area contributed by atoms with Crippen LogP contribution in [0, 0.1) is 0 Å². The lowest BCUT2D eigenvalue weighted by Gasteiger charge is -2.05. The highest BCUT2D eigenvalue weighted by molar-refractivity contribution is 7.07. The van der Waals surface area contributed by atoms with E-state index in [4.69, 9.17) is 5.73 Å². The molecule has 0 aliphatic heterocycles. The molecule has 0 saturated heterocycles. The van der Waals surface area contributed by atoms with Gasteiger partial charge in [-0.15, -0.1) is 0 Å². The summed E-state index contributed by atoms with van der Waals surface area (Å²) in [5.41, 5.74) is 7.71. The average Bonchev–Trinajstić information content (AvgIpc) is 2.89. The largest absolute Gasteiger partial charge is 0.396 e. The lowest BCUT2D eigenvalue weighted by molar-refractivity contribution is 0.0945. The van der Waals surface area contributed by atoms with Crippen molar-refractivity contribution in [2.24, 2.45) is 7.05 Å². The zero-order valence-corrected chi connectivity index (χ0v) is 10.3. The highest BCUT2D eigenvalue weighted by Gasteiger charge is 2.13. The lowest BCUT2D eigenvalue weighted by atomic mass is 10.2. The summed E-state index contributed by atoms with van der Waals surface area (Å²) in [5.74, 6) is -0.183. The molecule has 0 saturated carbocycles. The Morgan fingerprint density at radius 3 is 3.06 bits per heavy atom. The monoisotopic (exact) mass is 250 g/mol. The standard InChI is InChI=1S/C11H14N4OS/c1-15-10(9(12)6-14-15)11(16)13-4-2-8-3-5-17-7-8/h3,5-7H,2,4,12H2,1H3,(H,13,16). The number of amides is 1. The Hall–Kier alpha value is -1.82. The van der Waals surface area contributed by atoms with Crippen LogP contribution in [0.4, 0.5) is 5.69 Å². The van der Waals surface area contributed by atoms with E-state index in [1.165, 1.54) is 16.4 Å². The number of carbonyl (C=O) groups excluding carboxylic acids is 1. The minimum absolute atomic E-state index is 0.183. The van der Waals surface area contributed by atoms with Gasteiger partial charge in [-0.25, -0.2) is 0 Å². The summed E-state index contributed by atoms with van der Waals surface area (Å²) in [6, 6.07) is 2.05. The molecule has 0 bridgehead atoms. The van der Waals surface area contributed by atoms with Crippen molar-refractivity contribution < 1.29 is 4.79 Å². The van der Waals surface area contributed by atoms with E-state index in [0.29, 0.717) is 17.9 Å². The van der Waals surface area contributed by atoms with Crippen LogP contribution in [0.15, 0.2) is 23.0 Å². The quantitative estimate of drug-likeness (QED) is 0.851. The molecule has 0 aromatic carbocycles. The molecular formula is C11H14N4OS. The minimum Gasteiger partial charge on any atom is -0.396 e. The molecule has 0 aliphatic rings. The van der Waals surface area contributed by atoms with Crippen LogP contribution in [-0.2, 0) is 13.5 Å². The first-order chi connectivity index (χ1) is 8.18. The number of nitrogen functional groups attached to an aromatic ring is 1. The van der Waals surface area contributed by atoms with Crippen LogP contribution >= 0.6 is 11.3 Å².